The van der Waals surface area contributed by atoms with Crippen molar-refractivity contribution in [2.45, 2.75) is 38.5 Å². The first kappa shape index (κ1) is 12.6. The molecule has 0 unspecified atom stereocenters. The van der Waals surface area contributed by atoms with Crippen LogP contribution in [-0.4, -0.2) is 23.5 Å². The van der Waals surface area contributed by atoms with Crippen LogP contribution < -0.4 is 5.32 Å². The van der Waals surface area contributed by atoms with E-state index in [4.69, 9.17) is 6.42 Å². The lowest BCUT2D eigenvalue weighted by atomic mass is 9.82. The van der Waals surface area contributed by atoms with Crippen LogP contribution in [0.1, 0.15) is 38.5 Å². The molecule has 0 saturated heterocycles. The largest absolute Gasteiger partial charge is 0.481 e. The van der Waals surface area contributed by atoms with Crippen molar-refractivity contribution in [3.8, 4) is 12.3 Å². The fourth-order valence-corrected chi connectivity index (χ4v) is 2.16. The second-order valence-corrected chi connectivity index (χ2v) is 4.27. The number of aliphatic carboxylic acids is 1. The maximum absolute atomic E-state index is 11.5. The average Bonchev–Trinajstić information content (AvgIpc) is 2.68. The zero-order chi connectivity index (χ0) is 12.0. The third-order valence-electron chi connectivity index (χ3n) is 3.10. The molecule has 0 bridgehead atoms. The van der Waals surface area contributed by atoms with E-state index in [-0.39, 0.29) is 12.3 Å². The van der Waals surface area contributed by atoms with Gasteiger partial charge in [0.2, 0.25) is 5.91 Å². The lowest BCUT2D eigenvalue weighted by molar-refractivity contribution is -0.151. The smallest absolute Gasteiger partial charge is 0.310 e. The molecule has 0 atom stereocenters. The summed E-state index contributed by atoms with van der Waals surface area (Å²) in [7, 11) is 0. The van der Waals surface area contributed by atoms with Crippen LogP contribution in [0.4, 0.5) is 0 Å². The monoisotopic (exact) mass is 223 g/mol. The standard InChI is InChI=1S/C12H17NO3/c1-2-3-8-13-10(14)9-12(11(15)16)6-4-5-7-12/h1H,3-9H2,(H,13,14)(H,15,16). The number of nitrogens with one attached hydrogen (secondary N) is 1. The van der Waals surface area contributed by atoms with Crippen molar-refractivity contribution in [2.75, 3.05) is 6.54 Å². The Kier molecular flexibility index (Phi) is 4.36. The molecule has 4 heteroatoms. The Labute approximate surface area is 95.4 Å². The Morgan fingerprint density at radius 2 is 2.00 bits per heavy atom. The number of carbonyl (C=O) groups excluding carboxylic acids is 1. The summed E-state index contributed by atoms with van der Waals surface area (Å²) >= 11 is 0. The summed E-state index contributed by atoms with van der Waals surface area (Å²) < 4.78 is 0. The zero-order valence-corrected chi connectivity index (χ0v) is 9.29. The SMILES string of the molecule is C#CCCNC(=O)CC1(C(=O)O)CCCC1. The Balaban J connectivity index is 2.47. The number of carboxylic acids is 1. The van der Waals surface area contributed by atoms with Crippen molar-refractivity contribution in [3.05, 3.63) is 0 Å². The van der Waals surface area contributed by atoms with Gasteiger partial charge in [-0.3, -0.25) is 9.59 Å². The van der Waals surface area contributed by atoms with E-state index in [2.05, 4.69) is 11.2 Å². The highest BCUT2D eigenvalue weighted by molar-refractivity contribution is 5.85. The molecule has 1 rings (SSSR count). The molecule has 2 N–H and O–H groups in total. The summed E-state index contributed by atoms with van der Waals surface area (Å²) in [6.07, 6.45) is 8.60. The fourth-order valence-electron chi connectivity index (χ4n) is 2.16. The number of carbonyl (C=O) groups is 2. The van der Waals surface area contributed by atoms with Gasteiger partial charge in [0, 0.05) is 19.4 Å². The number of hydrogen-bond acceptors (Lipinski definition) is 2. The van der Waals surface area contributed by atoms with Gasteiger partial charge in [-0.2, -0.15) is 0 Å². The van der Waals surface area contributed by atoms with Gasteiger partial charge in [-0.15, -0.1) is 12.3 Å². The van der Waals surface area contributed by atoms with Crippen LogP contribution >= 0.6 is 0 Å². The molecule has 0 aliphatic heterocycles. The zero-order valence-electron chi connectivity index (χ0n) is 9.29. The van der Waals surface area contributed by atoms with Gasteiger partial charge in [0.25, 0.3) is 0 Å². The minimum Gasteiger partial charge on any atom is -0.481 e. The molecule has 0 aromatic heterocycles. The summed E-state index contributed by atoms with van der Waals surface area (Å²) in [5, 5.41) is 11.8. The molecule has 0 aromatic carbocycles. The van der Waals surface area contributed by atoms with E-state index in [0.717, 1.165) is 12.8 Å². The summed E-state index contributed by atoms with van der Waals surface area (Å²) in [4.78, 5) is 22.7. The van der Waals surface area contributed by atoms with E-state index in [9.17, 15) is 14.7 Å². The summed E-state index contributed by atoms with van der Waals surface area (Å²) in [5.74, 6) is 1.36. The molecule has 0 spiro atoms. The predicted octanol–water partition coefficient (Wildman–Crippen LogP) is 1.16. The highest BCUT2D eigenvalue weighted by Gasteiger charge is 2.42. The van der Waals surface area contributed by atoms with Crippen LogP contribution in [0.2, 0.25) is 0 Å². The van der Waals surface area contributed by atoms with Crippen LogP contribution in [0, 0.1) is 17.8 Å². The molecule has 1 fully saturated rings. The van der Waals surface area contributed by atoms with E-state index < -0.39 is 11.4 Å². The van der Waals surface area contributed by atoms with Gasteiger partial charge < -0.3 is 10.4 Å². The van der Waals surface area contributed by atoms with Crippen molar-refractivity contribution in [1.82, 2.24) is 5.32 Å². The maximum atomic E-state index is 11.5. The molecule has 0 heterocycles. The topological polar surface area (TPSA) is 66.4 Å². The van der Waals surface area contributed by atoms with Gasteiger partial charge in [-0.1, -0.05) is 12.8 Å². The molecule has 16 heavy (non-hydrogen) atoms. The van der Waals surface area contributed by atoms with Gasteiger partial charge >= 0.3 is 5.97 Å². The normalized spacial score (nSPS) is 17.7. The minimum atomic E-state index is -0.850. The molecule has 1 saturated carbocycles. The first-order valence-corrected chi connectivity index (χ1v) is 5.54. The number of amides is 1. The number of rotatable bonds is 5. The van der Waals surface area contributed by atoms with Crippen molar-refractivity contribution >= 4 is 11.9 Å². The summed E-state index contributed by atoms with van der Waals surface area (Å²) in [5.41, 5.74) is -0.833. The van der Waals surface area contributed by atoms with Gasteiger partial charge in [0.15, 0.2) is 0 Å². The van der Waals surface area contributed by atoms with E-state index >= 15 is 0 Å². The first-order valence-electron chi connectivity index (χ1n) is 5.54. The Hall–Kier alpha value is -1.50. The number of terminal acetylenes is 1. The third-order valence-corrected chi connectivity index (χ3v) is 3.10. The van der Waals surface area contributed by atoms with Crippen LogP contribution in [0.15, 0.2) is 0 Å². The Bertz CT molecular complexity index is 311. The number of hydrogen-bond donors (Lipinski definition) is 2. The van der Waals surface area contributed by atoms with Crippen LogP contribution in [0.25, 0.3) is 0 Å². The lowest BCUT2D eigenvalue weighted by Crippen LogP contribution is -2.36. The van der Waals surface area contributed by atoms with E-state index in [1.807, 2.05) is 0 Å². The first-order chi connectivity index (χ1) is 7.60. The molecule has 0 aromatic rings. The van der Waals surface area contributed by atoms with E-state index in [1.54, 1.807) is 0 Å². The van der Waals surface area contributed by atoms with Gasteiger partial charge in [-0.05, 0) is 12.8 Å². The highest BCUT2D eigenvalue weighted by Crippen LogP contribution is 2.41. The molecular weight excluding hydrogens is 206 g/mol. The van der Waals surface area contributed by atoms with Gasteiger partial charge in [0.1, 0.15) is 0 Å². The molecule has 88 valence electrons. The van der Waals surface area contributed by atoms with Gasteiger partial charge in [0.05, 0.1) is 5.41 Å². The van der Waals surface area contributed by atoms with Crippen molar-refractivity contribution in [3.63, 3.8) is 0 Å². The van der Waals surface area contributed by atoms with Crippen LogP contribution in [-0.2, 0) is 9.59 Å². The Morgan fingerprint density at radius 1 is 1.38 bits per heavy atom. The molecule has 1 aliphatic carbocycles. The lowest BCUT2D eigenvalue weighted by Gasteiger charge is -2.22. The van der Waals surface area contributed by atoms with Crippen LogP contribution in [0.3, 0.4) is 0 Å². The van der Waals surface area contributed by atoms with E-state index in [1.165, 1.54) is 0 Å². The average molecular weight is 223 g/mol. The van der Waals surface area contributed by atoms with E-state index in [0.29, 0.717) is 25.8 Å². The second-order valence-electron chi connectivity index (χ2n) is 4.27. The highest BCUT2D eigenvalue weighted by atomic mass is 16.4. The molecule has 1 amide bonds. The van der Waals surface area contributed by atoms with Crippen molar-refractivity contribution in [1.29, 1.82) is 0 Å². The van der Waals surface area contributed by atoms with Crippen molar-refractivity contribution < 1.29 is 14.7 Å². The Morgan fingerprint density at radius 3 is 2.50 bits per heavy atom. The number of carboxylic acid groups (broad SMARTS) is 1. The third kappa shape index (κ3) is 2.99. The summed E-state index contributed by atoms with van der Waals surface area (Å²) in [6.45, 7) is 0.422. The second kappa shape index (κ2) is 5.55. The van der Waals surface area contributed by atoms with Gasteiger partial charge in [-0.25, -0.2) is 0 Å². The van der Waals surface area contributed by atoms with Crippen LogP contribution in [0.5, 0.6) is 0 Å². The minimum absolute atomic E-state index is 0.0763. The quantitative estimate of drug-likeness (QED) is 0.543. The predicted molar refractivity (Wildman–Crippen MR) is 59.6 cm³/mol. The fraction of sp³-hybridized carbons (Fsp3) is 0.667. The molecular formula is C12H17NO3. The molecule has 0 radical (unpaired) electrons. The molecule has 4 nitrogen and oxygen atoms in total. The molecule has 1 aliphatic rings. The maximum Gasteiger partial charge on any atom is 0.310 e. The summed E-state index contributed by atoms with van der Waals surface area (Å²) in [6, 6.07) is 0. The van der Waals surface area contributed by atoms with Crippen molar-refractivity contribution in [2.24, 2.45) is 5.41 Å².